The second kappa shape index (κ2) is 7.29. The van der Waals surface area contributed by atoms with E-state index in [4.69, 9.17) is 4.74 Å². The average Bonchev–Trinajstić information content (AvgIpc) is 2.41. The van der Waals surface area contributed by atoms with Gasteiger partial charge in [0, 0.05) is 18.7 Å². The van der Waals surface area contributed by atoms with Gasteiger partial charge in [-0.3, -0.25) is 4.79 Å². The zero-order chi connectivity index (χ0) is 15.3. The lowest BCUT2D eigenvalue weighted by molar-refractivity contribution is -0.137. The number of aliphatic hydroxyl groups excluding tert-OH is 1. The summed E-state index contributed by atoms with van der Waals surface area (Å²) < 4.78 is 5.76. The van der Waals surface area contributed by atoms with Gasteiger partial charge in [-0.15, -0.1) is 0 Å². The van der Waals surface area contributed by atoms with Crippen LogP contribution in [0.3, 0.4) is 0 Å². The molecule has 1 aromatic carbocycles. The highest BCUT2D eigenvalue weighted by Crippen LogP contribution is 2.27. The van der Waals surface area contributed by atoms with E-state index >= 15 is 0 Å². The summed E-state index contributed by atoms with van der Waals surface area (Å²) in [4.78, 5) is 13.9. The number of benzene rings is 1. The molecule has 0 saturated heterocycles. The van der Waals surface area contributed by atoms with E-state index in [1.54, 1.807) is 18.7 Å². The summed E-state index contributed by atoms with van der Waals surface area (Å²) in [5.41, 5.74) is 1.76. The van der Waals surface area contributed by atoms with Gasteiger partial charge in [0.15, 0.2) is 6.10 Å². The molecular formula is C16H25NO3. The minimum atomic E-state index is -0.624. The van der Waals surface area contributed by atoms with E-state index in [1.165, 1.54) is 0 Å². The van der Waals surface area contributed by atoms with Crippen LogP contribution in [0.5, 0.6) is 5.75 Å². The van der Waals surface area contributed by atoms with Crippen molar-refractivity contribution in [2.45, 2.75) is 46.8 Å². The molecule has 0 fully saturated rings. The number of carbonyl (C=O) groups excluding carboxylic acids is 1. The lowest BCUT2D eigenvalue weighted by Gasteiger charge is -2.24. The summed E-state index contributed by atoms with van der Waals surface area (Å²) in [6.07, 6.45) is -1.18. The molecule has 0 saturated carbocycles. The molecule has 0 spiro atoms. The van der Waals surface area contributed by atoms with E-state index in [0.29, 0.717) is 24.4 Å². The molecule has 1 amide bonds. The molecule has 4 heteroatoms. The molecule has 0 heterocycles. The van der Waals surface area contributed by atoms with Crippen LogP contribution in [0, 0.1) is 6.92 Å². The maximum Gasteiger partial charge on any atom is 0.263 e. The van der Waals surface area contributed by atoms with Crippen LogP contribution in [-0.2, 0) is 4.79 Å². The number of likely N-dealkylation sites (N-methyl/N-ethyl adjacent to an activating group) is 1. The molecule has 0 aromatic heterocycles. The van der Waals surface area contributed by atoms with Crippen molar-refractivity contribution >= 4 is 5.91 Å². The number of nitrogens with zero attached hydrogens (tertiary/aromatic N) is 1. The van der Waals surface area contributed by atoms with Crippen LogP contribution in [0.2, 0.25) is 0 Å². The van der Waals surface area contributed by atoms with E-state index in [2.05, 4.69) is 0 Å². The molecule has 4 nitrogen and oxygen atoms in total. The van der Waals surface area contributed by atoms with Crippen LogP contribution in [0.25, 0.3) is 0 Å². The number of aliphatic hydroxyl groups is 1. The SMILES string of the molecule is CCN(CC)C(=O)C(C)Oc1ccc(C)cc1[C@@H](C)O. The van der Waals surface area contributed by atoms with Gasteiger partial charge in [-0.05, 0) is 46.8 Å². The quantitative estimate of drug-likeness (QED) is 0.871. The summed E-state index contributed by atoms with van der Waals surface area (Å²) in [7, 11) is 0. The van der Waals surface area contributed by atoms with Crippen LogP contribution < -0.4 is 4.74 Å². The van der Waals surface area contributed by atoms with Gasteiger partial charge in [0.1, 0.15) is 5.75 Å². The zero-order valence-electron chi connectivity index (χ0n) is 13.0. The summed E-state index contributed by atoms with van der Waals surface area (Å²) in [6, 6.07) is 5.60. The van der Waals surface area contributed by atoms with Crippen LogP contribution in [-0.4, -0.2) is 35.1 Å². The van der Waals surface area contributed by atoms with Gasteiger partial charge < -0.3 is 14.7 Å². The molecule has 2 atom stereocenters. The highest BCUT2D eigenvalue weighted by atomic mass is 16.5. The van der Waals surface area contributed by atoms with E-state index < -0.39 is 12.2 Å². The molecule has 0 aliphatic rings. The predicted molar refractivity (Wildman–Crippen MR) is 79.8 cm³/mol. The molecule has 112 valence electrons. The number of aryl methyl sites for hydroxylation is 1. The first-order valence-corrected chi connectivity index (χ1v) is 7.14. The van der Waals surface area contributed by atoms with Crippen LogP contribution >= 0.6 is 0 Å². The molecule has 1 unspecified atom stereocenters. The van der Waals surface area contributed by atoms with E-state index in [-0.39, 0.29) is 5.91 Å². The third kappa shape index (κ3) is 3.97. The van der Waals surface area contributed by atoms with Gasteiger partial charge >= 0.3 is 0 Å². The molecule has 1 N–H and O–H groups in total. The molecule has 20 heavy (non-hydrogen) atoms. The number of carbonyl (C=O) groups is 1. The molecule has 0 bridgehead atoms. The lowest BCUT2D eigenvalue weighted by atomic mass is 10.1. The Balaban J connectivity index is 2.90. The topological polar surface area (TPSA) is 49.8 Å². The normalized spacial score (nSPS) is 13.7. The van der Waals surface area contributed by atoms with Crippen molar-refractivity contribution in [1.82, 2.24) is 4.90 Å². The standard InChI is InChI=1S/C16H25NO3/c1-6-17(7-2)16(19)13(5)20-15-9-8-11(3)10-14(15)12(4)18/h8-10,12-13,18H,6-7H2,1-5H3/t12-,13?/m1/s1. The first kappa shape index (κ1) is 16.5. The zero-order valence-corrected chi connectivity index (χ0v) is 13.0. The molecule has 1 aromatic rings. The maximum atomic E-state index is 12.2. The smallest absolute Gasteiger partial charge is 0.263 e. The summed E-state index contributed by atoms with van der Waals surface area (Å²) in [5.74, 6) is 0.533. The van der Waals surface area contributed by atoms with Crippen LogP contribution in [0.15, 0.2) is 18.2 Å². The van der Waals surface area contributed by atoms with Crippen molar-refractivity contribution in [2.75, 3.05) is 13.1 Å². The number of hydrogen-bond acceptors (Lipinski definition) is 3. The van der Waals surface area contributed by atoms with Gasteiger partial charge in [0.05, 0.1) is 6.10 Å². The Bertz CT molecular complexity index is 453. The Morgan fingerprint density at radius 1 is 1.30 bits per heavy atom. The molecular weight excluding hydrogens is 254 g/mol. The number of hydrogen-bond donors (Lipinski definition) is 1. The molecule has 1 rings (SSSR count). The van der Waals surface area contributed by atoms with Gasteiger partial charge in [0.25, 0.3) is 5.91 Å². The average molecular weight is 279 g/mol. The Morgan fingerprint density at radius 2 is 1.90 bits per heavy atom. The Kier molecular flexibility index (Phi) is 6.02. The number of amides is 1. The number of rotatable bonds is 6. The largest absolute Gasteiger partial charge is 0.481 e. The van der Waals surface area contributed by atoms with Crippen molar-refractivity contribution < 1.29 is 14.6 Å². The number of ether oxygens (including phenoxy) is 1. The van der Waals surface area contributed by atoms with Crippen molar-refractivity contribution in [3.63, 3.8) is 0 Å². The third-order valence-electron chi connectivity index (χ3n) is 3.34. The van der Waals surface area contributed by atoms with Gasteiger partial charge in [0.2, 0.25) is 0 Å². The fourth-order valence-electron chi connectivity index (χ4n) is 2.13. The predicted octanol–water partition coefficient (Wildman–Crippen LogP) is 2.68. The monoisotopic (exact) mass is 279 g/mol. The molecule has 0 aliphatic heterocycles. The first-order chi connectivity index (χ1) is 9.40. The third-order valence-corrected chi connectivity index (χ3v) is 3.34. The highest BCUT2D eigenvalue weighted by Gasteiger charge is 2.21. The molecule has 0 aliphatic carbocycles. The second-order valence-electron chi connectivity index (χ2n) is 4.99. The van der Waals surface area contributed by atoms with Crippen molar-refractivity contribution in [3.8, 4) is 5.75 Å². The summed E-state index contributed by atoms with van der Waals surface area (Å²) >= 11 is 0. The minimum Gasteiger partial charge on any atom is -0.481 e. The Labute approximate surface area is 121 Å². The van der Waals surface area contributed by atoms with Crippen LogP contribution in [0.4, 0.5) is 0 Å². The second-order valence-corrected chi connectivity index (χ2v) is 4.99. The van der Waals surface area contributed by atoms with Gasteiger partial charge in [-0.1, -0.05) is 11.6 Å². The van der Waals surface area contributed by atoms with Gasteiger partial charge in [-0.25, -0.2) is 0 Å². The van der Waals surface area contributed by atoms with Crippen LogP contribution in [0.1, 0.15) is 44.9 Å². The molecule has 0 radical (unpaired) electrons. The highest BCUT2D eigenvalue weighted by molar-refractivity contribution is 5.80. The van der Waals surface area contributed by atoms with E-state index in [0.717, 1.165) is 5.56 Å². The first-order valence-electron chi connectivity index (χ1n) is 7.14. The van der Waals surface area contributed by atoms with E-state index in [9.17, 15) is 9.90 Å². The summed E-state index contributed by atoms with van der Waals surface area (Å²) in [6.45, 7) is 10.6. The summed E-state index contributed by atoms with van der Waals surface area (Å²) in [5, 5.41) is 9.81. The Hall–Kier alpha value is -1.55. The van der Waals surface area contributed by atoms with Crippen molar-refractivity contribution in [1.29, 1.82) is 0 Å². The fraction of sp³-hybridized carbons (Fsp3) is 0.562. The van der Waals surface area contributed by atoms with Gasteiger partial charge in [-0.2, -0.15) is 0 Å². The minimum absolute atomic E-state index is 0.0351. The van der Waals surface area contributed by atoms with E-state index in [1.807, 2.05) is 39.0 Å². The maximum absolute atomic E-state index is 12.2. The lowest BCUT2D eigenvalue weighted by Crippen LogP contribution is -2.40. The Morgan fingerprint density at radius 3 is 2.40 bits per heavy atom. The fourth-order valence-corrected chi connectivity index (χ4v) is 2.13. The van der Waals surface area contributed by atoms with Crippen molar-refractivity contribution in [3.05, 3.63) is 29.3 Å². The van der Waals surface area contributed by atoms with Crippen molar-refractivity contribution in [2.24, 2.45) is 0 Å².